The van der Waals surface area contributed by atoms with E-state index in [0.717, 1.165) is 16.7 Å². The molecule has 0 aromatic carbocycles. The Balaban J connectivity index is 2.34. The van der Waals surface area contributed by atoms with E-state index in [-0.39, 0.29) is 23.2 Å². The largest absolute Gasteiger partial charge is 0.481 e. The summed E-state index contributed by atoms with van der Waals surface area (Å²) in [6.45, 7) is 0. The van der Waals surface area contributed by atoms with Gasteiger partial charge in [0.1, 0.15) is 6.04 Å². The van der Waals surface area contributed by atoms with Crippen molar-refractivity contribution in [2.45, 2.75) is 24.0 Å². The lowest BCUT2D eigenvalue weighted by molar-refractivity contribution is -0.149. The Morgan fingerprint density at radius 1 is 1.48 bits per heavy atom. The van der Waals surface area contributed by atoms with Gasteiger partial charge in [0.2, 0.25) is 5.91 Å². The summed E-state index contributed by atoms with van der Waals surface area (Å²) in [5.41, 5.74) is -0.508. The SMILES string of the molecule is CN1C(=O)CCC(n2ccc(=O)nc2SCC(=O)O)C1=O. The molecular formula is C12H13N3O5S. The molecule has 1 aliphatic heterocycles. The van der Waals surface area contributed by atoms with Crippen molar-refractivity contribution < 1.29 is 19.5 Å². The van der Waals surface area contributed by atoms with Gasteiger partial charge in [-0.1, -0.05) is 11.8 Å². The van der Waals surface area contributed by atoms with Crippen LogP contribution in [0, 0.1) is 0 Å². The molecule has 0 saturated carbocycles. The molecule has 112 valence electrons. The number of thioether (sulfide) groups is 1. The summed E-state index contributed by atoms with van der Waals surface area (Å²) in [6, 6.07) is 0.547. The van der Waals surface area contributed by atoms with Gasteiger partial charge in [0.15, 0.2) is 5.16 Å². The molecule has 1 N–H and O–H groups in total. The first-order chi connectivity index (χ1) is 9.90. The minimum atomic E-state index is -1.05. The maximum atomic E-state index is 12.2. The van der Waals surface area contributed by atoms with Gasteiger partial charge in [0.25, 0.3) is 11.5 Å². The Kier molecular flexibility index (Phi) is 4.41. The van der Waals surface area contributed by atoms with E-state index in [9.17, 15) is 19.2 Å². The molecule has 2 amide bonds. The van der Waals surface area contributed by atoms with E-state index in [1.54, 1.807) is 0 Å². The van der Waals surface area contributed by atoms with Crippen LogP contribution in [0.2, 0.25) is 0 Å². The molecule has 1 saturated heterocycles. The zero-order valence-electron chi connectivity index (χ0n) is 11.2. The number of aliphatic carboxylic acids is 1. The number of amides is 2. The minimum Gasteiger partial charge on any atom is -0.481 e. The lowest BCUT2D eigenvalue weighted by Gasteiger charge is -2.30. The number of likely N-dealkylation sites (tertiary alicyclic amines) is 1. The number of imide groups is 1. The quantitative estimate of drug-likeness (QED) is 0.463. The predicted molar refractivity (Wildman–Crippen MR) is 72.9 cm³/mol. The Labute approximate surface area is 123 Å². The van der Waals surface area contributed by atoms with E-state index in [1.165, 1.54) is 23.9 Å². The molecule has 1 atom stereocenters. The number of carboxylic acid groups (broad SMARTS) is 1. The maximum absolute atomic E-state index is 12.2. The summed E-state index contributed by atoms with van der Waals surface area (Å²) in [6.07, 6.45) is 1.92. The lowest BCUT2D eigenvalue weighted by atomic mass is 10.0. The molecule has 2 heterocycles. The van der Waals surface area contributed by atoms with Crippen molar-refractivity contribution in [1.82, 2.24) is 14.5 Å². The summed E-state index contributed by atoms with van der Waals surface area (Å²) in [4.78, 5) is 50.4. The number of likely N-dealkylation sites (N-methyl/N-ethyl adjacent to an activating group) is 1. The van der Waals surface area contributed by atoms with Crippen LogP contribution in [0.15, 0.2) is 22.2 Å². The van der Waals surface area contributed by atoms with Crippen molar-refractivity contribution in [1.29, 1.82) is 0 Å². The van der Waals surface area contributed by atoms with Gasteiger partial charge in [0, 0.05) is 25.7 Å². The van der Waals surface area contributed by atoms with Crippen LogP contribution < -0.4 is 5.56 Å². The molecule has 9 heteroatoms. The van der Waals surface area contributed by atoms with E-state index in [2.05, 4.69) is 4.98 Å². The van der Waals surface area contributed by atoms with Crippen LogP contribution in [0.25, 0.3) is 0 Å². The van der Waals surface area contributed by atoms with Crippen LogP contribution in [0.5, 0.6) is 0 Å². The third-order valence-electron chi connectivity index (χ3n) is 3.09. The minimum absolute atomic E-state index is 0.158. The summed E-state index contributed by atoms with van der Waals surface area (Å²) < 4.78 is 1.46. The smallest absolute Gasteiger partial charge is 0.313 e. The van der Waals surface area contributed by atoms with E-state index in [1.807, 2.05) is 0 Å². The molecule has 21 heavy (non-hydrogen) atoms. The summed E-state index contributed by atoms with van der Waals surface area (Å²) in [5, 5.41) is 8.88. The highest BCUT2D eigenvalue weighted by Gasteiger charge is 2.33. The zero-order valence-corrected chi connectivity index (χ0v) is 12.0. The summed E-state index contributed by atoms with van der Waals surface area (Å²) in [5.74, 6) is -1.97. The fourth-order valence-corrected chi connectivity index (χ4v) is 2.77. The number of hydrogen-bond acceptors (Lipinski definition) is 6. The Hall–Kier alpha value is -2.16. The molecule has 1 aromatic heterocycles. The second-order valence-corrected chi connectivity index (χ2v) is 5.43. The number of piperidine rings is 1. The van der Waals surface area contributed by atoms with E-state index in [4.69, 9.17) is 5.11 Å². The lowest BCUT2D eigenvalue weighted by Crippen LogP contribution is -2.43. The Bertz CT molecular complexity index is 657. The first-order valence-electron chi connectivity index (χ1n) is 6.14. The van der Waals surface area contributed by atoms with Gasteiger partial charge in [-0.3, -0.25) is 24.1 Å². The van der Waals surface area contributed by atoms with Gasteiger partial charge in [-0.05, 0) is 6.42 Å². The first-order valence-corrected chi connectivity index (χ1v) is 7.13. The topological polar surface area (TPSA) is 110 Å². The number of hydrogen-bond donors (Lipinski definition) is 1. The highest BCUT2D eigenvalue weighted by molar-refractivity contribution is 7.99. The molecule has 0 radical (unpaired) electrons. The standard InChI is InChI=1S/C12H13N3O5S/c1-14-9(17)3-2-7(11(14)20)15-5-4-8(16)13-12(15)21-6-10(18)19/h4-5,7H,2-3,6H2,1H3,(H,18,19). The molecule has 1 aromatic rings. The zero-order chi connectivity index (χ0) is 15.6. The van der Waals surface area contributed by atoms with Gasteiger partial charge in [-0.2, -0.15) is 4.98 Å². The molecule has 0 spiro atoms. The number of aromatic nitrogens is 2. The van der Waals surface area contributed by atoms with Crippen LogP contribution >= 0.6 is 11.8 Å². The molecular weight excluding hydrogens is 298 g/mol. The van der Waals surface area contributed by atoms with Crippen LogP contribution in [0.1, 0.15) is 18.9 Å². The van der Waals surface area contributed by atoms with E-state index in [0.29, 0.717) is 6.42 Å². The van der Waals surface area contributed by atoms with Crippen LogP contribution in [0.4, 0.5) is 0 Å². The highest BCUT2D eigenvalue weighted by Crippen LogP contribution is 2.26. The molecule has 1 aliphatic rings. The first kappa shape index (κ1) is 15.2. The number of carbonyl (C=O) groups is 3. The van der Waals surface area contributed by atoms with Crippen molar-refractivity contribution >= 4 is 29.5 Å². The van der Waals surface area contributed by atoms with Crippen molar-refractivity contribution in [3.63, 3.8) is 0 Å². The molecule has 8 nitrogen and oxygen atoms in total. The van der Waals surface area contributed by atoms with Crippen molar-refractivity contribution in [3.8, 4) is 0 Å². The monoisotopic (exact) mass is 311 g/mol. The predicted octanol–water partition coefficient (Wildman–Crippen LogP) is -0.260. The summed E-state index contributed by atoms with van der Waals surface area (Å²) >= 11 is 0.864. The third kappa shape index (κ3) is 3.30. The van der Waals surface area contributed by atoms with Crippen molar-refractivity contribution in [2.24, 2.45) is 0 Å². The van der Waals surface area contributed by atoms with Crippen LogP contribution in [-0.2, 0) is 14.4 Å². The van der Waals surface area contributed by atoms with Gasteiger partial charge in [-0.15, -0.1) is 0 Å². The third-order valence-corrected chi connectivity index (χ3v) is 4.04. The fraction of sp³-hybridized carbons (Fsp3) is 0.417. The Morgan fingerprint density at radius 3 is 2.86 bits per heavy atom. The summed E-state index contributed by atoms with van der Waals surface area (Å²) in [7, 11) is 1.40. The van der Waals surface area contributed by atoms with Crippen molar-refractivity contribution in [3.05, 3.63) is 22.6 Å². The molecule has 1 fully saturated rings. The van der Waals surface area contributed by atoms with E-state index >= 15 is 0 Å². The normalized spacial score (nSPS) is 18.9. The fourth-order valence-electron chi connectivity index (χ4n) is 2.02. The number of rotatable bonds is 4. The highest BCUT2D eigenvalue weighted by atomic mass is 32.2. The van der Waals surface area contributed by atoms with Crippen LogP contribution in [-0.4, -0.2) is 50.1 Å². The maximum Gasteiger partial charge on any atom is 0.313 e. The molecule has 0 bridgehead atoms. The molecule has 2 rings (SSSR count). The second kappa shape index (κ2) is 6.08. The second-order valence-electron chi connectivity index (χ2n) is 4.48. The molecule has 1 unspecified atom stereocenters. The number of carboxylic acids is 1. The van der Waals surface area contributed by atoms with Gasteiger partial charge >= 0.3 is 5.97 Å². The average Bonchev–Trinajstić information content (AvgIpc) is 2.44. The van der Waals surface area contributed by atoms with Gasteiger partial charge in [0.05, 0.1) is 5.75 Å². The van der Waals surface area contributed by atoms with Gasteiger partial charge in [-0.25, -0.2) is 0 Å². The molecule has 0 aliphatic carbocycles. The van der Waals surface area contributed by atoms with E-state index < -0.39 is 23.5 Å². The average molecular weight is 311 g/mol. The number of nitrogens with zero attached hydrogens (tertiary/aromatic N) is 3. The van der Waals surface area contributed by atoms with Gasteiger partial charge < -0.3 is 9.67 Å². The number of carbonyl (C=O) groups excluding carboxylic acids is 2. The van der Waals surface area contributed by atoms with Crippen molar-refractivity contribution in [2.75, 3.05) is 12.8 Å². The Morgan fingerprint density at radius 2 is 2.19 bits per heavy atom. The van der Waals surface area contributed by atoms with Crippen LogP contribution in [0.3, 0.4) is 0 Å².